The highest BCUT2D eigenvalue weighted by atomic mass is 35.5. The first kappa shape index (κ1) is 29.3. The van der Waals surface area contributed by atoms with Gasteiger partial charge in [0.25, 0.3) is 6.10 Å². The van der Waals surface area contributed by atoms with Crippen LogP contribution in [-0.4, -0.2) is 94.5 Å². The zero-order valence-corrected chi connectivity index (χ0v) is 21.2. The van der Waals surface area contributed by atoms with Crippen molar-refractivity contribution >= 4 is 39.6 Å². The van der Waals surface area contributed by atoms with Gasteiger partial charge in [0.05, 0.1) is 6.26 Å². The molecule has 2 aliphatic heterocycles. The summed E-state index contributed by atoms with van der Waals surface area (Å²) in [7, 11) is -3.49. The monoisotopic (exact) mass is 578 g/mol. The summed E-state index contributed by atoms with van der Waals surface area (Å²) in [6.07, 6.45) is -14.3. The molecule has 3 rings (SSSR count). The number of rotatable bonds is 6. The van der Waals surface area contributed by atoms with Crippen molar-refractivity contribution in [3.8, 4) is 0 Å². The maximum atomic E-state index is 12.7. The zero-order chi connectivity index (χ0) is 27.6. The number of hydrogen-bond donors (Lipinski definition) is 0. The normalized spacial score (nSPS) is 20.3. The SMILES string of the molecule is CS(=O)(=O)N=CC1CCN(c2cc(Cl)ccc2CN2CCN(C(=O)OC(C(F)(F)F)C(F)(F)F)CC2)C1. The molecule has 0 bridgehead atoms. The summed E-state index contributed by atoms with van der Waals surface area (Å²) in [6.45, 7) is 1.71. The van der Waals surface area contributed by atoms with Gasteiger partial charge in [-0.05, 0) is 24.1 Å². The molecular weight excluding hydrogens is 554 g/mol. The van der Waals surface area contributed by atoms with Crippen LogP contribution in [0.5, 0.6) is 0 Å². The van der Waals surface area contributed by atoms with Crippen LogP contribution in [0.15, 0.2) is 22.6 Å². The minimum absolute atomic E-state index is 0.0756. The van der Waals surface area contributed by atoms with Gasteiger partial charge in [0.1, 0.15) is 0 Å². The fourth-order valence-electron chi connectivity index (χ4n) is 4.11. The van der Waals surface area contributed by atoms with Gasteiger partial charge in [0.2, 0.25) is 10.0 Å². The van der Waals surface area contributed by atoms with Crippen LogP contribution in [0.4, 0.5) is 36.8 Å². The lowest BCUT2D eigenvalue weighted by Gasteiger charge is -2.36. The molecule has 0 aromatic heterocycles. The molecule has 16 heteroatoms. The third kappa shape index (κ3) is 8.37. The van der Waals surface area contributed by atoms with E-state index in [0.29, 0.717) is 31.1 Å². The number of sulfonamides is 1. The fourth-order valence-corrected chi connectivity index (χ4v) is 4.67. The number of hydrogen-bond acceptors (Lipinski definition) is 6. The van der Waals surface area contributed by atoms with E-state index < -0.39 is 34.6 Å². The zero-order valence-electron chi connectivity index (χ0n) is 19.6. The topological polar surface area (TPSA) is 82.5 Å². The van der Waals surface area contributed by atoms with E-state index in [1.165, 1.54) is 6.21 Å². The summed E-state index contributed by atoms with van der Waals surface area (Å²) in [4.78, 5) is 16.8. The third-order valence-corrected chi connectivity index (χ3v) is 6.65. The number of halogens is 7. The fraction of sp³-hybridized carbons (Fsp3) is 0.619. The van der Waals surface area contributed by atoms with E-state index >= 15 is 0 Å². The molecule has 1 atom stereocenters. The van der Waals surface area contributed by atoms with Crippen molar-refractivity contribution in [1.82, 2.24) is 9.80 Å². The van der Waals surface area contributed by atoms with Gasteiger partial charge < -0.3 is 14.5 Å². The Balaban J connectivity index is 1.61. The molecule has 0 saturated carbocycles. The highest BCUT2D eigenvalue weighted by Crippen LogP contribution is 2.36. The van der Waals surface area contributed by atoms with Crippen LogP contribution >= 0.6 is 11.6 Å². The van der Waals surface area contributed by atoms with Crippen molar-refractivity contribution in [2.45, 2.75) is 31.4 Å². The van der Waals surface area contributed by atoms with Crippen LogP contribution in [-0.2, 0) is 21.3 Å². The largest absolute Gasteiger partial charge is 0.434 e. The average Bonchev–Trinajstić information content (AvgIpc) is 3.24. The van der Waals surface area contributed by atoms with Gasteiger partial charge in [0.15, 0.2) is 0 Å². The number of anilines is 1. The maximum Gasteiger partial charge on any atom is 0.434 e. The predicted octanol–water partition coefficient (Wildman–Crippen LogP) is 3.94. The molecular formula is C21H25ClF6N4O4S. The van der Waals surface area contributed by atoms with E-state index in [0.717, 1.165) is 22.4 Å². The third-order valence-electron chi connectivity index (χ3n) is 5.91. The predicted molar refractivity (Wildman–Crippen MR) is 124 cm³/mol. The molecule has 1 aromatic rings. The highest BCUT2D eigenvalue weighted by Gasteiger charge is 2.60. The second kappa shape index (κ2) is 11.2. The van der Waals surface area contributed by atoms with Crippen LogP contribution in [0.25, 0.3) is 0 Å². The Morgan fingerprint density at radius 1 is 1.14 bits per heavy atom. The lowest BCUT2D eigenvalue weighted by Crippen LogP contribution is -2.52. The number of nitrogens with zero attached hydrogens (tertiary/aromatic N) is 4. The summed E-state index contributed by atoms with van der Waals surface area (Å²) < 4.78 is 106. The molecule has 1 aromatic carbocycles. The van der Waals surface area contributed by atoms with Crippen LogP contribution in [0.2, 0.25) is 5.02 Å². The second-order valence-electron chi connectivity index (χ2n) is 8.87. The van der Waals surface area contributed by atoms with E-state index in [-0.39, 0.29) is 32.1 Å². The molecule has 1 unspecified atom stereocenters. The van der Waals surface area contributed by atoms with Gasteiger partial charge in [-0.2, -0.15) is 30.7 Å². The van der Waals surface area contributed by atoms with Gasteiger partial charge >= 0.3 is 18.4 Å². The van der Waals surface area contributed by atoms with E-state index in [4.69, 9.17) is 11.6 Å². The van der Waals surface area contributed by atoms with Gasteiger partial charge in [-0.15, -0.1) is 0 Å². The summed E-state index contributed by atoms with van der Waals surface area (Å²) >= 11 is 6.19. The average molecular weight is 579 g/mol. The first-order chi connectivity index (χ1) is 17.0. The molecule has 37 heavy (non-hydrogen) atoms. The highest BCUT2D eigenvalue weighted by molar-refractivity contribution is 7.89. The van der Waals surface area contributed by atoms with Crippen LogP contribution in [0.1, 0.15) is 12.0 Å². The second-order valence-corrected chi connectivity index (χ2v) is 11.0. The lowest BCUT2D eigenvalue weighted by atomic mass is 10.1. The van der Waals surface area contributed by atoms with Crippen molar-refractivity contribution in [3.63, 3.8) is 0 Å². The maximum absolute atomic E-state index is 12.7. The van der Waals surface area contributed by atoms with Crippen molar-refractivity contribution < 1.29 is 44.3 Å². The molecule has 2 heterocycles. The Morgan fingerprint density at radius 2 is 1.76 bits per heavy atom. The van der Waals surface area contributed by atoms with Crippen molar-refractivity contribution in [2.75, 3.05) is 50.4 Å². The van der Waals surface area contributed by atoms with Crippen molar-refractivity contribution in [2.24, 2.45) is 10.3 Å². The first-order valence-corrected chi connectivity index (χ1v) is 13.4. The van der Waals surface area contributed by atoms with E-state index in [9.17, 15) is 39.6 Å². The molecule has 8 nitrogen and oxygen atoms in total. The summed E-state index contributed by atoms with van der Waals surface area (Å²) in [5, 5.41) is 0.489. The Labute approximate surface area is 214 Å². The Morgan fingerprint density at radius 3 is 2.32 bits per heavy atom. The van der Waals surface area contributed by atoms with Gasteiger partial charge in [0, 0.05) is 68.7 Å². The first-order valence-electron chi connectivity index (χ1n) is 11.1. The molecule has 0 N–H and O–H groups in total. The molecule has 2 saturated heterocycles. The molecule has 2 fully saturated rings. The lowest BCUT2D eigenvalue weighted by molar-refractivity contribution is -0.308. The molecule has 1 amide bonds. The summed E-state index contributed by atoms with van der Waals surface area (Å²) in [5.74, 6) is -0.0756. The van der Waals surface area contributed by atoms with Crippen LogP contribution in [0.3, 0.4) is 0 Å². The molecule has 208 valence electrons. The number of carbonyl (C=O) groups excluding carboxylic acids is 1. The Bertz CT molecular complexity index is 1090. The van der Waals surface area contributed by atoms with Gasteiger partial charge in [-0.1, -0.05) is 17.7 Å². The van der Waals surface area contributed by atoms with Gasteiger partial charge in [-0.25, -0.2) is 13.2 Å². The quantitative estimate of drug-likeness (QED) is 0.376. The number of ether oxygens (including phenoxy) is 1. The summed E-state index contributed by atoms with van der Waals surface area (Å²) in [5.41, 5.74) is 1.69. The van der Waals surface area contributed by atoms with Gasteiger partial charge in [-0.3, -0.25) is 4.90 Å². The molecule has 0 spiro atoms. The number of carbonyl (C=O) groups is 1. The van der Waals surface area contributed by atoms with E-state index in [1.54, 1.807) is 12.1 Å². The van der Waals surface area contributed by atoms with Crippen molar-refractivity contribution in [1.29, 1.82) is 0 Å². The number of amides is 1. The summed E-state index contributed by atoms with van der Waals surface area (Å²) in [6, 6.07) is 5.28. The van der Waals surface area contributed by atoms with Crippen LogP contribution in [0, 0.1) is 5.92 Å². The smallest absolute Gasteiger partial charge is 0.426 e. The minimum atomic E-state index is -5.77. The standard InChI is InChI=1S/C21H25ClF6N4O4S/c1-37(34,35)29-11-14-4-5-32(12-14)17-10-16(22)3-2-15(17)13-30-6-8-31(9-7-30)19(33)36-18(20(23,24)25)21(26,27)28/h2-3,10-11,14,18H,4-9,12-13H2,1H3. The van der Waals surface area contributed by atoms with E-state index in [2.05, 4.69) is 9.13 Å². The van der Waals surface area contributed by atoms with Crippen molar-refractivity contribution in [3.05, 3.63) is 28.8 Å². The molecule has 0 aliphatic carbocycles. The minimum Gasteiger partial charge on any atom is -0.426 e. The number of benzene rings is 1. The Hall–Kier alpha value is -2.26. The number of alkyl halides is 6. The Kier molecular flexibility index (Phi) is 8.90. The van der Waals surface area contributed by atoms with Crippen LogP contribution < -0.4 is 4.90 Å². The molecule has 0 radical (unpaired) electrons. The van der Waals surface area contributed by atoms with E-state index in [1.807, 2.05) is 15.9 Å². The molecule has 2 aliphatic rings. The number of piperazine rings is 1.